The molecule has 0 unspecified atom stereocenters. The molecule has 144 valence electrons. The predicted octanol–water partition coefficient (Wildman–Crippen LogP) is 2.43. The number of ether oxygens (including phenoxy) is 2. The normalized spacial score (nSPS) is 19.2. The van der Waals surface area contributed by atoms with Gasteiger partial charge in [-0.25, -0.2) is 4.79 Å². The van der Waals surface area contributed by atoms with Gasteiger partial charge in [-0.1, -0.05) is 12.1 Å². The second-order valence-electron chi connectivity index (χ2n) is 6.68. The summed E-state index contributed by atoms with van der Waals surface area (Å²) < 4.78 is 10.7. The smallest absolute Gasteiger partial charge is 0.317 e. The number of amides is 2. The number of nitrogens with one attached hydrogen (secondary N) is 1. The van der Waals surface area contributed by atoms with Gasteiger partial charge in [0.05, 0.1) is 14.2 Å². The van der Waals surface area contributed by atoms with Gasteiger partial charge in [-0.15, -0.1) is 0 Å². The third-order valence-electron chi connectivity index (χ3n) is 5.22. The molecule has 1 aromatic rings. The molecule has 2 aliphatic rings. The van der Waals surface area contributed by atoms with Gasteiger partial charge < -0.3 is 19.7 Å². The van der Waals surface area contributed by atoms with Gasteiger partial charge in [0.1, 0.15) is 0 Å². The standard InChI is InChI=1S/C19H29N3O3S/c1-24-17-5-3-4-15(18(17)25-2)14-20-19(23)22-10-8-21(9-11-22)16-6-12-26-13-7-16/h3-5,16H,6-14H2,1-2H3,(H,20,23). The molecule has 0 atom stereocenters. The van der Waals surface area contributed by atoms with Crippen molar-refractivity contribution in [2.75, 3.05) is 51.9 Å². The van der Waals surface area contributed by atoms with Crippen molar-refractivity contribution in [1.29, 1.82) is 0 Å². The number of methoxy groups -OCH3 is 2. The SMILES string of the molecule is COc1cccc(CNC(=O)N2CCN(C3CCSCC3)CC2)c1OC. The summed E-state index contributed by atoms with van der Waals surface area (Å²) in [5.74, 6) is 3.90. The Morgan fingerprint density at radius 3 is 2.54 bits per heavy atom. The van der Waals surface area contributed by atoms with E-state index in [0.29, 0.717) is 24.1 Å². The van der Waals surface area contributed by atoms with Crippen LogP contribution in [-0.2, 0) is 6.54 Å². The number of rotatable bonds is 5. The Balaban J connectivity index is 1.49. The van der Waals surface area contributed by atoms with E-state index in [4.69, 9.17) is 9.47 Å². The van der Waals surface area contributed by atoms with Crippen LogP contribution in [0.5, 0.6) is 11.5 Å². The van der Waals surface area contributed by atoms with E-state index in [9.17, 15) is 4.79 Å². The van der Waals surface area contributed by atoms with E-state index in [1.54, 1.807) is 14.2 Å². The molecule has 0 bridgehead atoms. The Hall–Kier alpha value is -1.60. The molecule has 2 amide bonds. The molecule has 0 aromatic heterocycles. The van der Waals surface area contributed by atoms with E-state index in [0.717, 1.165) is 31.7 Å². The molecular weight excluding hydrogens is 350 g/mol. The van der Waals surface area contributed by atoms with Gasteiger partial charge >= 0.3 is 6.03 Å². The maximum absolute atomic E-state index is 12.5. The number of piperazine rings is 1. The molecule has 2 fully saturated rings. The average molecular weight is 380 g/mol. The number of hydrogen-bond acceptors (Lipinski definition) is 5. The molecule has 2 heterocycles. The number of carbonyl (C=O) groups excluding carboxylic acids is 1. The third-order valence-corrected chi connectivity index (χ3v) is 6.27. The molecule has 7 heteroatoms. The zero-order valence-corrected chi connectivity index (χ0v) is 16.5. The second-order valence-corrected chi connectivity index (χ2v) is 7.90. The fourth-order valence-electron chi connectivity index (χ4n) is 3.72. The summed E-state index contributed by atoms with van der Waals surface area (Å²) in [7, 11) is 3.23. The maximum atomic E-state index is 12.5. The first-order valence-corrected chi connectivity index (χ1v) is 10.4. The Labute approximate surface area is 160 Å². The summed E-state index contributed by atoms with van der Waals surface area (Å²) in [5, 5.41) is 3.02. The van der Waals surface area contributed by atoms with Crippen LogP contribution >= 0.6 is 11.8 Å². The minimum atomic E-state index is -0.00581. The number of nitrogens with zero attached hydrogens (tertiary/aromatic N) is 2. The minimum Gasteiger partial charge on any atom is -0.493 e. The largest absolute Gasteiger partial charge is 0.493 e. The molecule has 1 N–H and O–H groups in total. The van der Waals surface area contributed by atoms with Gasteiger partial charge in [-0.3, -0.25) is 4.90 Å². The molecule has 26 heavy (non-hydrogen) atoms. The topological polar surface area (TPSA) is 54.0 Å². The van der Waals surface area contributed by atoms with Crippen LogP contribution in [0, 0.1) is 0 Å². The minimum absolute atomic E-state index is 0.00581. The van der Waals surface area contributed by atoms with Crippen molar-refractivity contribution in [3.8, 4) is 11.5 Å². The van der Waals surface area contributed by atoms with Gasteiger partial charge in [0, 0.05) is 44.3 Å². The Kier molecular flexibility index (Phi) is 6.91. The summed E-state index contributed by atoms with van der Waals surface area (Å²) in [5.41, 5.74) is 0.915. The van der Waals surface area contributed by atoms with Crippen molar-refractivity contribution in [3.05, 3.63) is 23.8 Å². The summed E-state index contributed by atoms with van der Waals surface area (Å²) in [6.07, 6.45) is 2.57. The molecular formula is C19H29N3O3S. The van der Waals surface area contributed by atoms with Gasteiger partial charge in [-0.05, 0) is 30.4 Å². The van der Waals surface area contributed by atoms with Crippen LogP contribution in [0.4, 0.5) is 4.79 Å². The van der Waals surface area contributed by atoms with Crippen molar-refractivity contribution >= 4 is 17.8 Å². The first kappa shape index (κ1) is 19.2. The van der Waals surface area contributed by atoms with E-state index in [2.05, 4.69) is 22.0 Å². The fourth-order valence-corrected chi connectivity index (χ4v) is 4.80. The van der Waals surface area contributed by atoms with Crippen molar-refractivity contribution in [3.63, 3.8) is 0 Å². The third kappa shape index (κ3) is 4.57. The Morgan fingerprint density at radius 1 is 1.15 bits per heavy atom. The first-order valence-electron chi connectivity index (χ1n) is 9.27. The lowest BCUT2D eigenvalue weighted by Gasteiger charge is -2.40. The second kappa shape index (κ2) is 9.37. The van der Waals surface area contributed by atoms with Crippen molar-refractivity contribution in [2.45, 2.75) is 25.4 Å². The van der Waals surface area contributed by atoms with Crippen LogP contribution in [0.3, 0.4) is 0 Å². The fraction of sp³-hybridized carbons (Fsp3) is 0.632. The quantitative estimate of drug-likeness (QED) is 0.852. The van der Waals surface area contributed by atoms with Crippen LogP contribution in [0.1, 0.15) is 18.4 Å². The van der Waals surface area contributed by atoms with E-state index >= 15 is 0 Å². The van der Waals surface area contributed by atoms with Gasteiger partial charge in [0.15, 0.2) is 11.5 Å². The van der Waals surface area contributed by atoms with Crippen LogP contribution in [0.2, 0.25) is 0 Å². The van der Waals surface area contributed by atoms with Crippen molar-refractivity contribution in [2.24, 2.45) is 0 Å². The van der Waals surface area contributed by atoms with Crippen LogP contribution in [0.15, 0.2) is 18.2 Å². The Morgan fingerprint density at radius 2 is 1.88 bits per heavy atom. The number of para-hydroxylation sites is 1. The molecule has 0 saturated carbocycles. The maximum Gasteiger partial charge on any atom is 0.317 e. The highest BCUT2D eigenvalue weighted by Gasteiger charge is 2.27. The number of hydrogen-bond donors (Lipinski definition) is 1. The van der Waals surface area contributed by atoms with Gasteiger partial charge in [0.25, 0.3) is 0 Å². The van der Waals surface area contributed by atoms with Crippen LogP contribution in [-0.4, -0.2) is 73.8 Å². The molecule has 0 aliphatic carbocycles. The summed E-state index contributed by atoms with van der Waals surface area (Å²) >= 11 is 2.06. The molecule has 3 rings (SSSR count). The van der Waals surface area contributed by atoms with Gasteiger partial charge in [-0.2, -0.15) is 11.8 Å². The lowest BCUT2D eigenvalue weighted by Crippen LogP contribution is -2.54. The number of benzene rings is 1. The molecule has 1 aromatic carbocycles. The lowest BCUT2D eigenvalue weighted by atomic mass is 10.1. The van der Waals surface area contributed by atoms with Crippen molar-refractivity contribution < 1.29 is 14.3 Å². The molecule has 0 spiro atoms. The lowest BCUT2D eigenvalue weighted by molar-refractivity contribution is 0.104. The first-order chi connectivity index (χ1) is 12.7. The zero-order valence-electron chi connectivity index (χ0n) is 15.7. The summed E-state index contributed by atoms with van der Waals surface area (Å²) in [6, 6.07) is 6.41. The van der Waals surface area contributed by atoms with Crippen molar-refractivity contribution in [1.82, 2.24) is 15.1 Å². The van der Waals surface area contributed by atoms with Gasteiger partial charge in [0.2, 0.25) is 0 Å². The van der Waals surface area contributed by atoms with E-state index in [1.807, 2.05) is 23.1 Å². The molecule has 2 aliphatic heterocycles. The summed E-state index contributed by atoms with van der Waals surface area (Å²) in [4.78, 5) is 17.0. The Bertz CT molecular complexity index is 600. The van der Waals surface area contributed by atoms with Crippen LogP contribution in [0.25, 0.3) is 0 Å². The number of urea groups is 1. The molecule has 0 radical (unpaired) electrons. The van der Waals surface area contributed by atoms with Crippen LogP contribution < -0.4 is 14.8 Å². The monoisotopic (exact) mass is 379 g/mol. The number of carbonyl (C=O) groups is 1. The highest BCUT2D eigenvalue weighted by atomic mass is 32.2. The van der Waals surface area contributed by atoms with E-state index in [1.165, 1.54) is 24.3 Å². The highest BCUT2D eigenvalue weighted by Crippen LogP contribution is 2.30. The zero-order chi connectivity index (χ0) is 18.4. The highest BCUT2D eigenvalue weighted by molar-refractivity contribution is 7.99. The molecule has 2 saturated heterocycles. The van der Waals surface area contributed by atoms with E-state index in [-0.39, 0.29) is 6.03 Å². The average Bonchev–Trinajstić information content (AvgIpc) is 2.72. The van der Waals surface area contributed by atoms with E-state index < -0.39 is 0 Å². The predicted molar refractivity (Wildman–Crippen MR) is 105 cm³/mol. The number of thioether (sulfide) groups is 1. The molecule has 6 nitrogen and oxygen atoms in total. The summed E-state index contributed by atoms with van der Waals surface area (Å²) in [6.45, 7) is 3.98.